The minimum atomic E-state index is -1.01. The van der Waals surface area contributed by atoms with E-state index in [0.29, 0.717) is 25.1 Å². The van der Waals surface area contributed by atoms with Crippen LogP contribution >= 0.6 is 0 Å². The number of carbonyl (C=O) groups is 2. The van der Waals surface area contributed by atoms with Crippen molar-refractivity contribution < 1.29 is 23.5 Å². The van der Waals surface area contributed by atoms with Crippen LogP contribution in [0.3, 0.4) is 0 Å². The van der Waals surface area contributed by atoms with Gasteiger partial charge in [-0.15, -0.1) is 0 Å². The van der Waals surface area contributed by atoms with E-state index in [4.69, 9.17) is 0 Å². The van der Waals surface area contributed by atoms with Crippen LogP contribution in [0, 0.1) is 17.6 Å². The average molecular weight is 419 g/mol. The molecular weight excluding hydrogens is 396 g/mol. The molecule has 30 heavy (non-hydrogen) atoms. The van der Waals surface area contributed by atoms with Crippen molar-refractivity contribution in [2.45, 2.75) is 32.7 Å². The number of carbonyl (C=O) groups excluding carboxylic acids is 2. The molecule has 3 N–H and O–H groups in total. The van der Waals surface area contributed by atoms with Crippen molar-refractivity contribution in [2.75, 3.05) is 13.1 Å². The van der Waals surface area contributed by atoms with Crippen molar-refractivity contribution in [3.05, 3.63) is 63.1 Å². The second-order valence-electron chi connectivity index (χ2n) is 7.31. The number of pyridine rings is 1. The van der Waals surface area contributed by atoms with Gasteiger partial charge in [-0.25, -0.2) is 8.78 Å². The lowest BCUT2D eigenvalue weighted by molar-refractivity contribution is 0.0696. The molecule has 7 nitrogen and oxygen atoms in total. The Bertz CT molecular complexity index is 1020. The van der Waals surface area contributed by atoms with Crippen LogP contribution < -0.4 is 10.7 Å². The Kier molecular flexibility index (Phi) is 6.49. The first-order chi connectivity index (χ1) is 14.3. The molecule has 1 saturated carbocycles. The maximum atomic E-state index is 13.7. The van der Waals surface area contributed by atoms with E-state index in [2.05, 4.69) is 10.3 Å². The van der Waals surface area contributed by atoms with Crippen molar-refractivity contribution in [2.24, 2.45) is 5.92 Å². The minimum Gasteiger partial charge on any atom is -0.503 e. The SMILES string of the molecule is CCN(CC1CCC1)C(=O)c1[nH]cc(C(=O)NCc2ccc(F)cc2F)c(=O)c1O. The Morgan fingerprint density at radius 2 is 2.03 bits per heavy atom. The monoisotopic (exact) mass is 419 g/mol. The molecule has 0 radical (unpaired) electrons. The molecule has 0 spiro atoms. The van der Waals surface area contributed by atoms with Gasteiger partial charge in [0.15, 0.2) is 11.4 Å². The van der Waals surface area contributed by atoms with E-state index >= 15 is 0 Å². The lowest BCUT2D eigenvalue weighted by Crippen LogP contribution is -2.38. The van der Waals surface area contributed by atoms with Crippen LogP contribution in [-0.2, 0) is 6.54 Å². The van der Waals surface area contributed by atoms with Crippen LogP contribution in [0.25, 0.3) is 0 Å². The highest BCUT2D eigenvalue weighted by Gasteiger charge is 2.27. The van der Waals surface area contributed by atoms with Crippen LogP contribution in [0.1, 0.15) is 52.6 Å². The quantitative estimate of drug-likeness (QED) is 0.642. The fraction of sp³-hybridized carbons (Fsp3) is 0.381. The molecule has 1 aliphatic carbocycles. The highest BCUT2D eigenvalue weighted by Crippen LogP contribution is 2.27. The summed E-state index contributed by atoms with van der Waals surface area (Å²) in [6.45, 7) is 2.49. The van der Waals surface area contributed by atoms with Crippen LogP contribution in [0.15, 0.2) is 29.2 Å². The number of nitrogens with zero attached hydrogens (tertiary/aromatic N) is 1. The molecule has 0 bridgehead atoms. The molecule has 0 saturated heterocycles. The molecule has 160 valence electrons. The van der Waals surface area contributed by atoms with Gasteiger partial charge in [0.1, 0.15) is 17.2 Å². The Hall–Kier alpha value is -3.23. The third kappa shape index (κ3) is 4.50. The number of aromatic nitrogens is 1. The zero-order chi connectivity index (χ0) is 21.8. The molecule has 1 aromatic carbocycles. The molecular formula is C21H23F2N3O4. The average Bonchev–Trinajstić information content (AvgIpc) is 2.68. The van der Waals surface area contributed by atoms with Crippen molar-refractivity contribution in [3.63, 3.8) is 0 Å². The van der Waals surface area contributed by atoms with E-state index < -0.39 is 40.2 Å². The van der Waals surface area contributed by atoms with Crippen molar-refractivity contribution in [3.8, 4) is 5.75 Å². The fourth-order valence-electron chi connectivity index (χ4n) is 3.29. The number of hydrogen-bond acceptors (Lipinski definition) is 4. The van der Waals surface area contributed by atoms with Gasteiger partial charge in [-0.1, -0.05) is 12.5 Å². The van der Waals surface area contributed by atoms with E-state index in [-0.39, 0.29) is 17.8 Å². The number of benzene rings is 1. The highest BCUT2D eigenvalue weighted by atomic mass is 19.1. The van der Waals surface area contributed by atoms with Gasteiger partial charge < -0.3 is 20.3 Å². The molecule has 2 aromatic rings. The number of rotatable bonds is 7. The summed E-state index contributed by atoms with van der Waals surface area (Å²) in [5.41, 5.74) is -1.67. The topological polar surface area (TPSA) is 103 Å². The second-order valence-corrected chi connectivity index (χ2v) is 7.31. The fourth-order valence-corrected chi connectivity index (χ4v) is 3.29. The van der Waals surface area contributed by atoms with Gasteiger partial charge in [0.05, 0.1) is 0 Å². The van der Waals surface area contributed by atoms with E-state index in [1.54, 1.807) is 4.90 Å². The maximum Gasteiger partial charge on any atom is 0.274 e. The van der Waals surface area contributed by atoms with Crippen LogP contribution in [0.2, 0.25) is 0 Å². The normalized spacial score (nSPS) is 13.6. The van der Waals surface area contributed by atoms with Gasteiger partial charge in [0, 0.05) is 37.5 Å². The number of H-pyrrole nitrogens is 1. The van der Waals surface area contributed by atoms with Gasteiger partial charge in [-0.3, -0.25) is 14.4 Å². The lowest BCUT2D eigenvalue weighted by atomic mass is 9.85. The Labute approximate surface area is 171 Å². The molecule has 9 heteroatoms. The predicted octanol–water partition coefficient (Wildman–Crippen LogP) is 2.55. The standard InChI is InChI=1S/C21H23F2N3O4/c1-2-26(11-12-4-3-5-12)21(30)17-19(28)18(27)15(10-24-17)20(29)25-9-13-6-7-14(22)8-16(13)23/h6-8,10,12,28H,2-5,9,11H2,1H3,(H,24,27)(H,25,29). The first kappa shape index (κ1) is 21.5. The number of hydrogen-bond donors (Lipinski definition) is 3. The minimum absolute atomic E-state index is 0.0341. The maximum absolute atomic E-state index is 13.7. The first-order valence-electron chi connectivity index (χ1n) is 9.77. The Balaban J connectivity index is 1.73. The molecule has 0 atom stereocenters. The molecule has 1 fully saturated rings. The zero-order valence-electron chi connectivity index (χ0n) is 16.5. The smallest absolute Gasteiger partial charge is 0.274 e. The number of aromatic hydroxyl groups is 1. The molecule has 1 aromatic heterocycles. The summed E-state index contributed by atoms with van der Waals surface area (Å²) >= 11 is 0. The third-order valence-electron chi connectivity index (χ3n) is 5.34. The Morgan fingerprint density at radius 1 is 1.30 bits per heavy atom. The predicted molar refractivity (Wildman–Crippen MR) is 105 cm³/mol. The van der Waals surface area contributed by atoms with E-state index in [9.17, 15) is 28.3 Å². The van der Waals surface area contributed by atoms with Crippen molar-refractivity contribution in [1.29, 1.82) is 0 Å². The number of aromatic amines is 1. The van der Waals surface area contributed by atoms with Gasteiger partial charge in [0.2, 0.25) is 5.43 Å². The molecule has 1 heterocycles. The van der Waals surface area contributed by atoms with Crippen LogP contribution in [0.4, 0.5) is 8.78 Å². The Morgan fingerprint density at radius 3 is 2.63 bits per heavy atom. The van der Waals surface area contributed by atoms with Gasteiger partial charge >= 0.3 is 0 Å². The summed E-state index contributed by atoms with van der Waals surface area (Å²) in [7, 11) is 0. The van der Waals surface area contributed by atoms with Crippen molar-refractivity contribution in [1.82, 2.24) is 15.2 Å². The highest BCUT2D eigenvalue weighted by molar-refractivity contribution is 5.98. The van der Waals surface area contributed by atoms with Crippen molar-refractivity contribution >= 4 is 11.8 Å². The second kappa shape index (κ2) is 9.06. The summed E-state index contributed by atoms with van der Waals surface area (Å²) in [5, 5.41) is 12.6. The summed E-state index contributed by atoms with van der Waals surface area (Å²) in [6.07, 6.45) is 4.26. The molecule has 0 unspecified atom stereocenters. The van der Waals surface area contributed by atoms with Crippen LogP contribution in [-0.4, -0.2) is 39.9 Å². The molecule has 1 aliphatic rings. The van der Waals surface area contributed by atoms with Gasteiger partial charge in [-0.2, -0.15) is 0 Å². The van der Waals surface area contributed by atoms with E-state index in [1.807, 2.05) is 6.92 Å². The number of amides is 2. The summed E-state index contributed by atoms with van der Waals surface area (Å²) in [5.74, 6) is -3.38. The summed E-state index contributed by atoms with van der Waals surface area (Å²) < 4.78 is 26.6. The van der Waals surface area contributed by atoms with Gasteiger partial charge in [0.25, 0.3) is 11.8 Å². The van der Waals surface area contributed by atoms with E-state index in [0.717, 1.165) is 31.5 Å². The molecule has 0 aliphatic heterocycles. The summed E-state index contributed by atoms with van der Waals surface area (Å²) in [4.78, 5) is 41.5. The van der Waals surface area contributed by atoms with E-state index in [1.165, 1.54) is 6.07 Å². The molecule has 2 amide bonds. The first-order valence-corrected chi connectivity index (χ1v) is 9.77. The number of nitrogens with one attached hydrogen (secondary N) is 2. The number of halogens is 2. The van der Waals surface area contributed by atoms with Crippen LogP contribution in [0.5, 0.6) is 5.75 Å². The lowest BCUT2D eigenvalue weighted by Gasteiger charge is -2.31. The largest absolute Gasteiger partial charge is 0.503 e. The third-order valence-corrected chi connectivity index (χ3v) is 5.34. The van der Waals surface area contributed by atoms with Gasteiger partial charge in [-0.05, 0) is 31.7 Å². The molecule has 3 rings (SSSR count). The summed E-state index contributed by atoms with van der Waals surface area (Å²) in [6, 6.07) is 2.91. The zero-order valence-corrected chi connectivity index (χ0v) is 16.5.